The van der Waals surface area contributed by atoms with Gasteiger partial charge in [-0.05, 0) is 30.2 Å². The minimum Gasteiger partial charge on any atom is -0.371 e. The Morgan fingerprint density at radius 3 is 2.38 bits per heavy atom. The summed E-state index contributed by atoms with van der Waals surface area (Å²) >= 11 is 0. The second kappa shape index (κ2) is 3.21. The molecule has 0 unspecified atom stereocenters. The molecule has 0 atom stereocenters. The van der Waals surface area contributed by atoms with Crippen molar-refractivity contribution in [3.8, 4) is 0 Å². The Morgan fingerprint density at radius 2 is 1.92 bits per heavy atom. The first-order valence-electron chi connectivity index (χ1n) is 4.60. The predicted octanol–water partition coefficient (Wildman–Crippen LogP) is 1.96. The molecular weight excluding hydrogens is 162 g/mol. The van der Waals surface area contributed by atoms with Crippen LogP contribution >= 0.6 is 0 Å². The van der Waals surface area contributed by atoms with Crippen LogP contribution in [0.15, 0.2) is 24.3 Å². The SMILES string of the molecule is CC1CN(c2ccc(C=O)cc2)C1. The molecule has 1 aromatic carbocycles. The second-order valence-electron chi connectivity index (χ2n) is 3.72. The predicted molar refractivity (Wildman–Crippen MR) is 53.2 cm³/mol. The molecule has 1 saturated heterocycles. The summed E-state index contributed by atoms with van der Waals surface area (Å²) in [6.07, 6.45) is 0.877. The van der Waals surface area contributed by atoms with Crippen LogP contribution in [0, 0.1) is 5.92 Å². The fourth-order valence-electron chi connectivity index (χ4n) is 1.67. The molecule has 0 aromatic heterocycles. The van der Waals surface area contributed by atoms with Gasteiger partial charge in [0.25, 0.3) is 0 Å². The maximum absolute atomic E-state index is 10.4. The van der Waals surface area contributed by atoms with Gasteiger partial charge in [-0.2, -0.15) is 0 Å². The maximum Gasteiger partial charge on any atom is 0.150 e. The van der Waals surface area contributed by atoms with E-state index in [1.807, 2.05) is 24.3 Å². The molecule has 0 N–H and O–H groups in total. The van der Waals surface area contributed by atoms with Crippen LogP contribution in [0.25, 0.3) is 0 Å². The van der Waals surface area contributed by atoms with Crippen LogP contribution in [0.1, 0.15) is 17.3 Å². The normalized spacial score (nSPS) is 16.8. The van der Waals surface area contributed by atoms with E-state index < -0.39 is 0 Å². The zero-order chi connectivity index (χ0) is 9.26. The third kappa shape index (κ3) is 1.57. The van der Waals surface area contributed by atoms with Gasteiger partial charge >= 0.3 is 0 Å². The zero-order valence-electron chi connectivity index (χ0n) is 7.73. The lowest BCUT2D eigenvalue weighted by molar-refractivity contribution is 0.112. The van der Waals surface area contributed by atoms with Crippen LogP contribution in [0.5, 0.6) is 0 Å². The number of anilines is 1. The summed E-state index contributed by atoms with van der Waals surface area (Å²) in [5.41, 5.74) is 1.97. The van der Waals surface area contributed by atoms with Crippen LogP contribution in [-0.4, -0.2) is 19.4 Å². The first-order valence-corrected chi connectivity index (χ1v) is 4.60. The third-order valence-electron chi connectivity index (χ3n) is 2.46. The van der Waals surface area contributed by atoms with Gasteiger partial charge in [-0.1, -0.05) is 6.92 Å². The molecule has 1 aliphatic rings. The van der Waals surface area contributed by atoms with Crippen molar-refractivity contribution in [1.82, 2.24) is 0 Å². The third-order valence-corrected chi connectivity index (χ3v) is 2.46. The molecule has 0 spiro atoms. The molecule has 0 aliphatic carbocycles. The van der Waals surface area contributed by atoms with Gasteiger partial charge in [0.05, 0.1) is 0 Å². The lowest BCUT2D eigenvalue weighted by Gasteiger charge is -2.39. The molecule has 1 aromatic rings. The highest BCUT2D eigenvalue weighted by Crippen LogP contribution is 2.23. The van der Waals surface area contributed by atoms with Crippen molar-refractivity contribution < 1.29 is 4.79 Å². The molecule has 2 rings (SSSR count). The van der Waals surface area contributed by atoms with E-state index in [4.69, 9.17) is 0 Å². The van der Waals surface area contributed by atoms with E-state index in [9.17, 15) is 4.79 Å². The average molecular weight is 175 g/mol. The van der Waals surface area contributed by atoms with Gasteiger partial charge in [0.1, 0.15) is 6.29 Å². The fraction of sp³-hybridized carbons (Fsp3) is 0.364. The van der Waals surface area contributed by atoms with Crippen molar-refractivity contribution in [1.29, 1.82) is 0 Å². The summed E-state index contributed by atoms with van der Waals surface area (Å²) in [7, 11) is 0. The van der Waals surface area contributed by atoms with E-state index in [-0.39, 0.29) is 0 Å². The molecule has 0 bridgehead atoms. The first kappa shape index (κ1) is 8.30. The van der Waals surface area contributed by atoms with Crippen LogP contribution in [0.3, 0.4) is 0 Å². The Balaban J connectivity index is 2.10. The van der Waals surface area contributed by atoms with E-state index >= 15 is 0 Å². The van der Waals surface area contributed by atoms with Gasteiger partial charge in [0, 0.05) is 24.3 Å². The quantitative estimate of drug-likeness (QED) is 0.640. The average Bonchev–Trinajstić information content (AvgIpc) is 2.13. The van der Waals surface area contributed by atoms with E-state index in [1.165, 1.54) is 5.69 Å². The minimum absolute atomic E-state index is 0.748. The number of nitrogens with zero attached hydrogens (tertiary/aromatic N) is 1. The van der Waals surface area contributed by atoms with E-state index in [0.717, 1.165) is 30.9 Å². The van der Waals surface area contributed by atoms with Crippen molar-refractivity contribution in [2.45, 2.75) is 6.92 Å². The van der Waals surface area contributed by atoms with E-state index in [1.54, 1.807) is 0 Å². The number of aldehydes is 1. The van der Waals surface area contributed by atoms with Gasteiger partial charge in [0.2, 0.25) is 0 Å². The van der Waals surface area contributed by atoms with Crippen molar-refractivity contribution in [3.63, 3.8) is 0 Å². The van der Waals surface area contributed by atoms with Crippen LogP contribution in [0.4, 0.5) is 5.69 Å². The molecule has 13 heavy (non-hydrogen) atoms. The van der Waals surface area contributed by atoms with Gasteiger partial charge in [-0.15, -0.1) is 0 Å². The zero-order valence-corrected chi connectivity index (χ0v) is 7.73. The van der Waals surface area contributed by atoms with Crippen LogP contribution in [0.2, 0.25) is 0 Å². The molecule has 2 nitrogen and oxygen atoms in total. The molecule has 0 saturated carbocycles. The highest BCUT2D eigenvalue weighted by molar-refractivity contribution is 5.75. The lowest BCUT2D eigenvalue weighted by Crippen LogP contribution is -2.45. The molecule has 68 valence electrons. The van der Waals surface area contributed by atoms with E-state index in [2.05, 4.69) is 11.8 Å². The van der Waals surface area contributed by atoms with Crippen molar-refractivity contribution in [2.24, 2.45) is 5.92 Å². The highest BCUT2D eigenvalue weighted by Gasteiger charge is 2.22. The number of carbonyl (C=O) groups is 1. The minimum atomic E-state index is 0.748. The largest absolute Gasteiger partial charge is 0.371 e. The summed E-state index contributed by atoms with van der Waals surface area (Å²) in [6.45, 7) is 4.52. The van der Waals surface area contributed by atoms with Gasteiger partial charge in [0.15, 0.2) is 0 Å². The standard InChI is InChI=1S/C11H13NO/c1-9-6-12(7-9)11-4-2-10(8-13)3-5-11/h2-5,8-9H,6-7H2,1H3. The summed E-state index contributed by atoms with van der Waals surface area (Å²) in [6, 6.07) is 7.75. The van der Waals surface area contributed by atoms with Crippen LogP contribution in [-0.2, 0) is 0 Å². The number of hydrogen-bond donors (Lipinski definition) is 0. The number of carbonyl (C=O) groups excluding carboxylic acids is 1. The maximum atomic E-state index is 10.4. The monoisotopic (exact) mass is 175 g/mol. The Bertz CT molecular complexity index is 298. The number of rotatable bonds is 2. The number of hydrogen-bond acceptors (Lipinski definition) is 2. The lowest BCUT2D eigenvalue weighted by atomic mass is 10.0. The molecule has 2 heteroatoms. The van der Waals surface area contributed by atoms with E-state index in [0.29, 0.717) is 0 Å². The smallest absolute Gasteiger partial charge is 0.150 e. The fourth-order valence-corrected chi connectivity index (χ4v) is 1.67. The topological polar surface area (TPSA) is 20.3 Å². The van der Waals surface area contributed by atoms with Gasteiger partial charge in [-0.3, -0.25) is 4.79 Å². The summed E-state index contributed by atoms with van der Waals surface area (Å²) < 4.78 is 0. The molecule has 0 amide bonds. The Kier molecular flexibility index (Phi) is 2.05. The van der Waals surface area contributed by atoms with Gasteiger partial charge < -0.3 is 4.90 Å². The van der Waals surface area contributed by atoms with Crippen molar-refractivity contribution in [2.75, 3.05) is 18.0 Å². The number of benzene rings is 1. The van der Waals surface area contributed by atoms with Crippen molar-refractivity contribution in [3.05, 3.63) is 29.8 Å². The van der Waals surface area contributed by atoms with Crippen LogP contribution < -0.4 is 4.90 Å². The molecule has 1 fully saturated rings. The summed E-state index contributed by atoms with van der Waals surface area (Å²) in [5.74, 6) is 0.811. The molecule has 0 radical (unpaired) electrons. The Labute approximate surface area is 78.2 Å². The molecule has 1 aliphatic heterocycles. The first-order chi connectivity index (χ1) is 6.29. The second-order valence-corrected chi connectivity index (χ2v) is 3.72. The van der Waals surface area contributed by atoms with Crippen molar-refractivity contribution >= 4 is 12.0 Å². The van der Waals surface area contributed by atoms with Gasteiger partial charge in [-0.25, -0.2) is 0 Å². The Morgan fingerprint density at radius 1 is 1.31 bits per heavy atom. The summed E-state index contributed by atoms with van der Waals surface area (Å²) in [5, 5.41) is 0. The Hall–Kier alpha value is -1.31. The molecule has 1 heterocycles. The highest BCUT2D eigenvalue weighted by atomic mass is 16.1. The summed E-state index contributed by atoms with van der Waals surface area (Å²) in [4.78, 5) is 12.7. The molecular formula is C11H13NO.